The minimum Gasteiger partial charge on any atom is -0.340 e. The Hall–Kier alpha value is -3.32. The average Bonchev–Trinajstić information content (AvgIpc) is 2.82. The third-order valence-electron chi connectivity index (χ3n) is 6.29. The standard InChI is InChI=1S/C32H37N/c1-7-10-15-23-33(31-20-14-12-18-26(31)6)32-27(9-3)30(28-19-13-11-17-25(28)5)22-21-29(32)24(4)16-8-2/h7-14,16-22,24H,3,15,23H2,1-2,4-6H3/b10-7?,16-8+. The van der Waals surface area contributed by atoms with E-state index in [0.29, 0.717) is 5.92 Å². The topological polar surface area (TPSA) is 3.24 Å². The lowest BCUT2D eigenvalue weighted by Crippen LogP contribution is -2.22. The molecule has 0 fully saturated rings. The van der Waals surface area contributed by atoms with Crippen molar-refractivity contribution in [3.63, 3.8) is 0 Å². The SMILES string of the molecule is C=Cc1c(-c2ccccc2C)ccc(C(C)/C=C/C)c1N(CCC=CC)c1ccccc1C. The molecule has 0 bridgehead atoms. The highest BCUT2D eigenvalue weighted by molar-refractivity contribution is 5.88. The van der Waals surface area contributed by atoms with Crippen molar-refractivity contribution in [2.45, 2.75) is 47.0 Å². The van der Waals surface area contributed by atoms with Crippen LogP contribution in [0.5, 0.6) is 0 Å². The van der Waals surface area contributed by atoms with Crippen molar-refractivity contribution in [2.75, 3.05) is 11.4 Å². The van der Waals surface area contributed by atoms with Crippen LogP contribution < -0.4 is 4.90 Å². The molecular formula is C32H37N. The molecule has 1 heteroatoms. The van der Waals surface area contributed by atoms with Crippen molar-refractivity contribution in [3.8, 4) is 11.1 Å². The van der Waals surface area contributed by atoms with Crippen LogP contribution >= 0.6 is 0 Å². The van der Waals surface area contributed by atoms with Gasteiger partial charge in [0.1, 0.15) is 0 Å². The van der Waals surface area contributed by atoms with Gasteiger partial charge in [0.25, 0.3) is 0 Å². The first-order valence-corrected chi connectivity index (χ1v) is 12.0. The molecule has 0 spiro atoms. The Morgan fingerprint density at radius 2 is 1.55 bits per heavy atom. The first-order valence-electron chi connectivity index (χ1n) is 12.0. The number of para-hydroxylation sites is 1. The Morgan fingerprint density at radius 3 is 2.18 bits per heavy atom. The molecule has 1 unspecified atom stereocenters. The zero-order valence-electron chi connectivity index (χ0n) is 20.8. The third kappa shape index (κ3) is 5.37. The predicted octanol–water partition coefficient (Wildman–Crippen LogP) is 9.40. The fraction of sp³-hybridized carbons (Fsp3) is 0.250. The van der Waals surface area contributed by atoms with Gasteiger partial charge in [0.15, 0.2) is 0 Å². The summed E-state index contributed by atoms with van der Waals surface area (Å²) in [6.07, 6.45) is 11.8. The largest absolute Gasteiger partial charge is 0.340 e. The third-order valence-corrected chi connectivity index (χ3v) is 6.29. The molecule has 0 radical (unpaired) electrons. The molecule has 0 aliphatic heterocycles. The molecule has 0 saturated heterocycles. The zero-order valence-corrected chi connectivity index (χ0v) is 20.8. The van der Waals surface area contributed by atoms with E-state index in [-0.39, 0.29) is 0 Å². The van der Waals surface area contributed by atoms with Crippen LogP contribution in [0.4, 0.5) is 11.4 Å². The lowest BCUT2D eigenvalue weighted by atomic mass is 9.88. The summed E-state index contributed by atoms with van der Waals surface area (Å²) in [5, 5.41) is 0. The highest BCUT2D eigenvalue weighted by Gasteiger charge is 2.23. The summed E-state index contributed by atoms with van der Waals surface area (Å²) in [5.74, 6) is 0.294. The molecule has 0 aliphatic carbocycles. The lowest BCUT2D eigenvalue weighted by Gasteiger charge is -2.32. The molecule has 0 saturated carbocycles. The average molecular weight is 436 g/mol. The highest BCUT2D eigenvalue weighted by atomic mass is 15.1. The van der Waals surface area contributed by atoms with Crippen molar-refractivity contribution in [2.24, 2.45) is 0 Å². The summed E-state index contributed by atoms with van der Waals surface area (Å²) in [7, 11) is 0. The molecule has 0 heterocycles. The molecule has 3 rings (SSSR count). The second-order valence-corrected chi connectivity index (χ2v) is 8.59. The van der Waals surface area contributed by atoms with Crippen LogP contribution in [-0.4, -0.2) is 6.54 Å². The molecule has 1 atom stereocenters. The minimum absolute atomic E-state index is 0.294. The van der Waals surface area contributed by atoms with Crippen LogP contribution in [0, 0.1) is 13.8 Å². The normalized spacial score (nSPS) is 12.4. The first-order chi connectivity index (χ1) is 16.0. The number of aryl methyl sites for hydroxylation is 2. The van der Waals surface area contributed by atoms with E-state index in [1.54, 1.807) is 0 Å². The van der Waals surface area contributed by atoms with E-state index < -0.39 is 0 Å². The van der Waals surface area contributed by atoms with Crippen LogP contribution in [0.15, 0.2) is 91.5 Å². The molecule has 33 heavy (non-hydrogen) atoms. The Bertz CT molecular complexity index is 1150. The summed E-state index contributed by atoms with van der Waals surface area (Å²) in [4.78, 5) is 2.50. The van der Waals surface area contributed by atoms with Crippen LogP contribution in [-0.2, 0) is 0 Å². The number of rotatable bonds is 9. The van der Waals surface area contributed by atoms with Crippen LogP contribution in [0.25, 0.3) is 17.2 Å². The van der Waals surface area contributed by atoms with E-state index in [0.717, 1.165) is 13.0 Å². The zero-order chi connectivity index (χ0) is 23.8. The lowest BCUT2D eigenvalue weighted by molar-refractivity contribution is 0.898. The summed E-state index contributed by atoms with van der Waals surface area (Å²) in [6, 6.07) is 21.9. The molecule has 0 amide bonds. The molecule has 1 nitrogen and oxygen atoms in total. The first kappa shape index (κ1) is 24.3. The maximum Gasteiger partial charge on any atom is 0.0529 e. The Morgan fingerprint density at radius 1 is 0.848 bits per heavy atom. The van der Waals surface area contributed by atoms with E-state index in [9.17, 15) is 0 Å². The second-order valence-electron chi connectivity index (χ2n) is 8.59. The summed E-state index contributed by atoms with van der Waals surface area (Å²) < 4.78 is 0. The Balaban J connectivity index is 2.36. The van der Waals surface area contributed by atoms with Crippen molar-refractivity contribution in [3.05, 3.63) is 114 Å². The summed E-state index contributed by atoms with van der Waals surface area (Å²) in [6.45, 7) is 16.0. The molecule has 170 valence electrons. The van der Waals surface area contributed by atoms with Crippen LogP contribution in [0.3, 0.4) is 0 Å². The van der Waals surface area contributed by atoms with Crippen molar-refractivity contribution in [1.29, 1.82) is 0 Å². The van der Waals surface area contributed by atoms with E-state index in [2.05, 4.69) is 131 Å². The van der Waals surface area contributed by atoms with Crippen LogP contribution in [0.2, 0.25) is 0 Å². The fourth-order valence-electron chi connectivity index (χ4n) is 4.59. The number of nitrogens with zero attached hydrogens (tertiary/aromatic N) is 1. The quantitative estimate of drug-likeness (QED) is 0.303. The van der Waals surface area contributed by atoms with Gasteiger partial charge in [-0.2, -0.15) is 0 Å². The summed E-state index contributed by atoms with van der Waals surface area (Å²) >= 11 is 0. The fourth-order valence-corrected chi connectivity index (χ4v) is 4.59. The minimum atomic E-state index is 0.294. The maximum atomic E-state index is 4.29. The van der Waals surface area contributed by atoms with Gasteiger partial charge < -0.3 is 4.90 Å². The number of allylic oxidation sites excluding steroid dienone is 3. The van der Waals surface area contributed by atoms with Gasteiger partial charge in [-0.15, -0.1) is 0 Å². The molecule has 3 aromatic rings. The van der Waals surface area contributed by atoms with Gasteiger partial charge >= 0.3 is 0 Å². The van der Waals surface area contributed by atoms with Crippen LogP contribution in [0.1, 0.15) is 55.4 Å². The molecule has 0 aromatic heterocycles. The Kier molecular flexibility index (Phi) is 8.49. The van der Waals surface area contributed by atoms with E-state index in [4.69, 9.17) is 0 Å². The molecular weight excluding hydrogens is 398 g/mol. The van der Waals surface area contributed by atoms with Gasteiger partial charge in [-0.05, 0) is 68.0 Å². The number of hydrogen-bond acceptors (Lipinski definition) is 1. The molecule has 3 aromatic carbocycles. The number of anilines is 2. The van der Waals surface area contributed by atoms with E-state index >= 15 is 0 Å². The van der Waals surface area contributed by atoms with E-state index in [1.165, 1.54) is 44.8 Å². The van der Waals surface area contributed by atoms with Crippen molar-refractivity contribution >= 4 is 17.5 Å². The number of benzene rings is 3. The molecule has 0 N–H and O–H groups in total. The van der Waals surface area contributed by atoms with Crippen molar-refractivity contribution < 1.29 is 0 Å². The Labute approximate surface area is 200 Å². The summed E-state index contributed by atoms with van der Waals surface area (Å²) in [5.41, 5.74) is 10.1. The maximum absolute atomic E-state index is 4.29. The van der Waals surface area contributed by atoms with E-state index in [1.807, 2.05) is 6.08 Å². The monoisotopic (exact) mass is 435 g/mol. The second kappa shape index (κ2) is 11.5. The molecule has 0 aliphatic rings. The van der Waals surface area contributed by atoms with Crippen molar-refractivity contribution in [1.82, 2.24) is 0 Å². The van der Waals surface area contributed by atoms with Gasteiger partial charge in [-0.25, -0.2) is 0 Å². The van der Waals surface area contributed by atoms with Gasteiger partial charge in [-0.1, -0.05) is 98.5 Å². The number of hydrogen-bond donors (Lipinski definition) is 0. The predicted molar refractivity (Wildman–Crippen MR) is 148 cm³/mol. The van der Waals surface area contributed by atoms with Gasteiger partial charge in [0.2, 0.25) is 0 Å². The van der Waals surface area contributed by atoms with Gasteiger partial charge in [0.05, 0.1) is 5.69 Å². The van der Waals surface area contributed by atoms with Gasteiger partial charge in [-0.3, -0.25) is 0 Å². The smallest absolute Gasteiger partial charge is 0.0529 e. The van der Waals surface area contributed by atoms with Gasteiger partial charge in [0, 0.05) is 23.7 Å². The highest BCUT2D eigenvalue weighted by Crippen LogP contribution is 2.43.